The molecule has 0 aliphatic heterocycles. The number of carbonyl (C=O) groups excluding carboxylic acids is 1. The van der Waals surface area contributed by atoms with Crippen molar-refractivity contribution in [1.29, 1.82) is 0 Å². The average Bonchev–Trinajstić information content (AvgIpc) is 2.94. The van der Waals surface area contributed by atoms with E-state index in [9.17, 15) is 4.79 Å². The molecule has 0 spiro atoms. The second-order valence-electron chi connectivity index (χ2n) is 3.71. The summed E-state index contributed by atoms with van der Waals surface area (Å²) in [6.45, 7) is 0.667. The molecule has 19 heavy (non-hydrogen) atoms. The van der Waals surface area contributed by atoms with Gasteiger partial charge in [0.15, 0.2) is 11.5 Å². The van der Waals surface area contributed by atoms with Crippen LogP contribution in [0.25, 0.3) is 11.3 Å². The third-order valence-electron chi connectivity index (χ3n) is 2.36. The van der Waals surface area contributed by atoms with Gasteiger partial charge in [-0.15, -0.1) is 0 Å². The molecule has 0 aliphatic carbocycles. The van der Waals surface area contributed by atoms with Crippen LogP contribution in [0.4, 0.5) is 0 Å². The Morgan fingerprint density at radius 2 is 2.11 bits per heavy atom. The minimum Gasteiger partial charge on any atom is -0.382 e. The molecule has 1 aromatic carbocycles. The number of methoxy groups -OCH3 is 1. The lowest BCUT2D eigenvalue weighted by atomic mass is 10.2. The number of hydroxylamine groups is 1. The maximum absolute atomic E-state index is 11.7. The van der Waals surface area contributed by atoms with Gasteiger partial charge in [0.05, 0.1) is 13.2 Å². The summed E-state index contributed by atoms with van der Waals surface area (Å²) in [4.78, 5) is 16.6. The number of hydrogen-bond donors (Lipinski definition) is 1. The second-order valence-corrected chi connectivity index (χ2v) is 3.71. The fourth-order valence-corrected chi connectivity index (χ4v) is 1.41. The number of aromatic nitrogens is 1. The Morgan fingerprint density at radius 1 is 1.32 bits per heavy atom. The van der Waals surface area contributed by atoms with E-state index in [0.29, 0.717) is 12.4 Å². The van der Waals surface area contributed by atoms with Gasteiger partial charge in [-0.3, -0.25) is 9.63 Å². The third kappa shape index (κ3) is 3.64. The molecule has 0 saturated carbocycles. The molecule has 1 N–H and O–H groups in total. The van der Waals surface area contributed by atoms with Crippen molar-refractivity contribution in [2.75, 3.05) is 20.3 Å². The highest BCUT2D eigenvalue weighted by Crippen LogP contribution is 2.19. The van der Waals surface area contributed by atoms with E-state index in [4.69, 9.17) is 14.1 Å². The third-order valence-corrected chi connectivity index (χ3v) is 2.36. The molecule has 0 saturated heterocycles. The van der Waals surface area contributed by atoms with Crippen molar-refractivity contribution in [2.24, 2.45) is 0 Å². The summed E-state index contributed by atoms with van der Waals surface area (Å²) in [6.07, 6.45) is 0. The highest BCUT2D eigenvalue weighted by molar-refractivity contribution is 5.92. The minimum atomic E-state index is -0.456. The number of ether oxygens (including phenoxy) is 1. The van der Waals surface area contributed by atoms with Crippen LogP contribution in [-0.4, -0.2) is 31.4 Å². The van der Waals surface area contributed by atoms with E-state index in [-0.39, 0.29) is 12.3 Å². The van der Waals surface area contributed by atoms with Crippen LogP contribution in [0.1, 0.15) is 10.5 Å². The van der Waals surface area contributed by atoms with E-state index in [1.54, 1.807) is 13.2 Å². The van der Waals surface area contributed by atoms with E-state index in [1.807, 2.05) is 30.3 Å². The number of carbonyl (C=O) groups is 1. The lowest BCUT2D eigenvalue weighted by Gasteiger charge is -2.02. The first-order valence-corrected chi connectivity index (χ1v) is 5.74. The van der Waals surface area contributed by atoms with Crippen molar-refractivity contribution in [3.63, 3.8) is 0 Å². The zero-order valence-corrected chi connectivity index (χ0v) is 10.5. The largest absolute Gasteiger partial charge is 0.382 e. The summed E-state index contributed by atoms with van der Waals surface area (Å²) in [6, 6.07) is 11.0. The van der Waals surface area contributed by atoms with Gasteiger partial charge in [-0.25, -0.2) is 5.48 Å². The van der Waals surface area contributed by atoms with E-state index in [1.165, 1.54) is 0 Å². The second kappa shape index (κ2) is 6.67. The van der Waals surface area contributed by atoms with Gasteiger partial charge in [0, 0.05) is 18.7 Å². The van der Waals surface area contributed by atoms with Crippen LogP contribution in [0.5, 0.6) is 0 Å². The molecule has 0 radical (unpaired) electrons. The molecule has 6 heteroatoms. The van der Waals surface area contributed by atoms with Gasteiger partial charge in [0.1, 0.15) is 0 Å². The molecular weight excluding hydrogens is 248 g/mol. The molecule has 0 atom stereocenters. The Morgan fingerprint density at radius 3 is 2.84 bits per heavy atom. The van der Waals surface area contributed by atoms with Crippen LogP contribution in [0, 0.1) is 0 Å². The standard InChI is InChI=1S/C13H14N2O4/c1-17-7-8-18-15-13(16)11-9-12(19-14-11)10-5-3-2-4-6-10/h2-6,9H,7-8H2,1H3,(H,15,16). The molecule has 0 fully saturated rings. The number of benzene rings is 1. The van der Waals surface area contributed by atoms with Gasteiger partial charge in [-0.2, -0.15) is 0 Å². The van der Waals surface area contributed by atoms with E-state index in [2.05, 4.69) is 10.6 Å². The first kappa shape index (κ1) is 13.3. The van der Waals surface area contributed by atoms with Gasteiger partial charge in [0.25, 0.3) is 5.91 Å². The summed E-state index contributed by atoms with van der Waals surface area (Å²) in [7, 11) is 1.55. The molecule has 6 nitrogen and oxygen atoms in total. The van der Waals surface area contributed by atoms with Gasteiger partial charge in [0.2, 0.25) is 0 Å². The van der Waals surface area contributed by atoms with Crippen LogP contribution in [0.15, 0.2) is 40.9 Å². The summed E-state index contributed by atoms with van der Waals surface area (Å²) < 4.78 is 9.89. The number of hydrogen-bond acceptors (Lipinski definition) is 5. The molecule has 2 aromatic rings. The molecule has 100 valence electrons. The first-order chi connectivity index (χ1) is 9.31. The van der Waals surface area contributed by atoms with Gasteiger partial charge < -0.3 is 9.26 Å². The molecule has 1 aromatic heterocycles. The van der Waals surface area contributed by atoms with Gasteiger partial charge in [-0.1, -0.05) is 35.5 Å². The summed E-state index contributed by atoms with van der Waals surface area (Å²) in [5, 5.41) is 3.69. The van der Waals surface area contributed by atoms with Crippen molar-refractivity contribution < 1.29 is 18.9 Å². The fourth-order valence-electron chi connectivity index (χ4n) is 1.41. The lowest BCUT2D eigenvalue weighted by Crippen LogP contribution is -2.25. The molecular formula is C13H14N2O4. The van der Waals surface area contributed by atoms with E-state index >= 15 is 0 Å². The number of nitrogens with zero attached hydrogens (tertiary/aromatic N) is 1. The molecule has 0 bridgehead atoms. The van der Waals surface area contributed by atoms with Crippen molar-refractivity contribution in [3.8, 4) is 11.3 Å². The zero-order valence-electron chi connectivity index (χ0n) is 10.5. The van der Waals surface area contributed by atoms with Crippen molar-refractivity contribution in [3.05, 3.63) is 42.1 Å². The summed E-state index contributed by atoms with van der Waals surface area (Å²) >= 11 is 0. The normalized spacial score (nSPS) is 10.4. The summed E-state index contributed by atoms with van der Waals surface area (Å²) in [5.74, 6) is 0.0738. The highest BCUT2D eigenvalue weighted by atomic mass is 16.7. The smallest absolute Gasteiger partial charge is 0.297 e. The topological polar surface area (TPSA) is 73.6 Å². The van der Waals surface area contributed by atoms with Crippen molar-refractivity contribution >= 4 is 5.91 Å². The monoisotopic (exact) mass is 262 g/mol. The zero-order chi connectivity index (χ0) is 13.5. The van der Waals surface area contributed by atoms with E-state index < -0.39 is 5.91 Å². The SMILES string of the molecule is COCCONC(=O)c1cc(-c2ccccc2)on1. The fraction of sp³-hybridized carbons (Fsp3) is 0.231. The van der Waals surface area contributed by atoms with Crippen LogP contribution >= 0.6 is 0 Å². The van der Waals surface area contributed by atoms with Gasteiger partial charge >= 0.3 is 0 Å². The lowest BCUT2D eigenvalue weighted by molar-refractivity contribution is 0.00838. The first-order valence-electron chi connectivity index (χ1n) is 5.74. The molecule has 0 unspecified atom stereocenters. The predicted molar refractivity (Wildman–Crippen MR) is 67.2 cm³/mol. The quantitative estimate of drug-likeness (QED) is 0.633. The average molecular weight is 262 g/mol. The highest BCUT2D eigenvalue weighted by Gasteiger charge is 2.13. The predicted octanol–water partition coefficient (Wildman–Crippen LogP) is 1.65. The number of rotatable bonds is 6. The molecule has 2 rings (SSSR count). The Kier molecular flexibility index (Phi) is 4.66. The number of nitrogens with one attached hydrogen (secondary N) is 1. The number of amides is 1. The Hall–Kier alpha value is -2.18. The van der Waals surface area contributed by atoms with Crippen LogP contribution in [-0.2, 0) is 9.57 Å². The van der Waals surface area contributed by atoms with Crippen LogP contribution in [0.3, 0.4) is 0 Å². The van der Waals surface area contributed by atoms with Crippen LogP contribution < -0.4 is 5.48 Å². The Balaban J connectivity index is 1.95. The minimum absolute atomic E-state index is 0.163. The van der Waals surface area contributed by atoms with Gasteiger partial charge in [-0.05, 0) is 0 Å². The maximum atomic E-state index is 11.7. The summed E-state index contributed by atoms with van der Waals surface area (Å²) in [5.41, 5.74) is 3.28. The Labute approximate surface area is 110 Å². The van der Waals surface area contributed by atoms with Crippen molar-refractivity contribution in [2.45, 2.75) is 0 Å². The molecule has 0 aliphatic rings. The van der Waals surface area contributed by atoms with Crippen LogP contribution in [0.2, 0.25) is 0 Å². The molecule has 1 heterocycles. The maximum Gasteiger partial charge on any atom is 0.297 e. The Bertz CT molecular complexity index is 524. The molecule has 1 amide bonds. The van der Waals surface area contributed by atoms with E-state index in [0.717, 1.165) is 5.56 Å². The van der Waals surface area contributed by atoms with Crippen molar-refractivity contribution in [1.82, 2.24) is 10.6 Å².